The molecule has 1 heterocycles. The number of nitrogens with one attached hydrogen (secondary N) is 2. The lowest BCUT2D eigenvalue weighted by Gasteiger charge is -2.39. The number of aromatic amines is 1. The smallest absolute Gasteiger partial charge is 0.419 e. The second kappa shape index (κ2) is 8.31. The van der Waals surface area contributed by atoms with E-state index in [4.69, 9.17) is 4.74 Å². The Bertz CT molecular complexity index is 1070. The van der Waals surface area contributed by atoms with Crippen LogP contribution in [0.25, 0.3) is 10.9 Å². The van der Waals surface area contributed by atoms with E-state index >= 15 is 0 Å². The standard InChI is InChI=1S/C21H21BrF3N3O2/c1-12(2)10-20(29,21(23,24)25)19(14-8-7-13(22)9-18(14)30-3)27-16-5-4-6-17-15(16)11-26-28-17/h4-9,11,19,27,29H,1,10H2,2-3H3,(H,26,28). The second-order valence-electron chi connectivity index (χ2n) is 7.16. The third-order valence-electron chi connectivity index (χ3n) is 4.83. The van der Waals surface area contributed by atoms with Gasteiger partial charge in [-0.3, -0.25) is 5.10 Å². The number of halogens is 4. The molecule has 2 atom stereocenters. The van der Waals surface area contributed by atoms with Crippen molar-refractivity contribution in [3.05, 3.63) is 64.8 Å². The average Bonchev–Trinajstić information content (AvgIpc) is 3.14. The van der Waals surface area contributed by atoms with Gasteiger partial charge in [0, 0.05) is 27.5 Å². The van der Waals surface area contributed by atoms with Crippen molar-refractivity contribution in [1.82, 2.24) is 10.2 Å². The summed E-state index contributed by atoms with van der Waals surface area (Å²) in [6, 6.07) is 8.14. The topological polar surface area (TPSA) is 70.2 Å². The number of ether oxygens (including phenoxy) is 1. The van der Waals surface area contributed by atoms with Crippen LogP contribution in [0.15, 0.2) is 59.2 Å². The highest BCUT2D eigenvalue weighted by atomic mass is 79.9. The van der Waals surface area contributed by atoms with Crippen molar-refractivity contribution in [3.63, 3.8) is 0 Å². The maximum atomic E-state index is 14.3. The predicted octanol–water partition coefficient (Wildman–Crippen LogP) is 5.75. The Labute approximate surface area is 180 Å². The third-order valence-corrected chi connectivity index (χ3v) is 5.32. The van der Waals surface area contributed by atoms with Crippen LogP contribution in [0.4, 0.5) is 18.9 Å². The van der Waals surface area contributed by atoms with Gasteiger partial charge < -0.3 is 15.2 Å². The van der Waals surface area contributed by atoms with E-state index in [9.17, 15) is 18.3 Å². The minimum Gasteiger partial charge on any atom is -0.496 e. The van der Waals surface area contributed by atoms with Gasteiger partial charge in [0.2, 0.25) is 0 Å². The van der Waals surface area contributed by atoms with Crippen molar-refractivity contribution < 1.29 is 23.0 Å². The maximum absolute atomic E-state index is 14.3. The molecule has 9 heteroatoms. The van der Waals surface area contributed by atoms with Gasteiger partial charge in [0.1, 0.15) is 5.75 Å². The number of aliphatic hydroxyl groups is 1. The number of H-pyrrole nitrogens is 1. The first-order valence-electron chi connectivity index (χ1n) is 9.02. The first kappa shape index (κ1) is 22.2. The molecule has 0 radical (unpaired) electrons. The highest BCUT2D eigenvalue weighted by Crippen LogP contribution is 2.48. The van der Waals surface area contributed by atoms with E-state index in [1.54, 1.807) is 30.3 Å². The van der Waals surface area contributed by atoms with Crippen molar-refractivity contribution in [1.29, 1.82) is 0 Å². The summed E-state index contributed by atoms with van der Waals surface area (Å²) in [6.07, 6.45) is -4.13. The van der Waals surface area contributed by atoms with Gasteiger partial charge in [0.25, 0.3) is 0 Å². The van der Waals surface area contributed by atoms with E-state index in [1.165, 1.54) is 26.3 Å². The maximum Gasteiger partial charge on any atom is 0.419 e. The van der Waals surface area contributed by atoms with Crippen LogP contribution >= 0.6 is 15.9 Å². The number of methoxy groups -OCH3 is 1. The molecule has 0 amide bonds. The number of anilines is 1. The number of aromatic nitrogens is 2. The summed E-state index contributed by atoms with van der Waals surface area (Å²) in [5, 5.41) is 21.3. The van der Waals surface area contributed by atoms with Crippen molar-refractivity contribution in [2.45, 2.75) is 31.2 Å². The van der Waals surface area contributed by atoms with E-state index in [-0.39, 0.29) is 16.9 Å². The molecule has 30 heavy (non-hydrogen) atoms. The molecule has 0 aliphatic heterocycles. The molecule has 0 saturated carbocycles. The van der Waals surface area contributed by atoms with Crippen LogP contribution in [0.5, 0.6) is 5.75 Å². The molecule has 1 aromatic heterocycles. The lowest BCUT2D eigenvalue weighted by Crippen LogP contribution is -2.52. The molecule has 3 aromatic rings. The lowest BCUT2D eigenvalue weighted by atomic mass is 9.82. The number of rotatable bonds is 7. The van der Waals surface area contributed by atoms with Gasteiger partial charge in [-0.2, -0.15) is 18.3 Å². The third kappa shape index (κ3) is 4.17. The molecular formula is C21H21BrF3N3O2. The van der Waals surface area contributed by atoms with Gasteiger partial charge in [-0.05, 0) is 31.2 Å². The number of fused-ring (bicyclic) bond motifs is 1. The SMILES string of the molecule is C=C(C)CC(O)(C(Nc1cccc2[nH]ncc12)c1ccc(Br)cc1OC)C(F)(F)F. The molecule has 0 saturated heterocycles. The molecular weight excluding hydrogens is 463 g/mol. The normalized spacial score (nSPS) is 14.9. The molecule has 3 N–H and O–H groups in total. The van der Waals surface area contributed by atoms with Crippen LogP contribution in [0.1, 0.15) is 24.9 Å². The highest BCUT2D eigenvalue weighted by Gasteiger charge is 2.59. The highest BCUT2D eigenvalue weighted by molar-refractivity contribution is 9.10. The molecule has 2 aromatic carbocycles. The molecule has 2 unspecified atom stereocenters. The van der Waals surface area contributed by atoms with Crippen LogP contribution in [-0.4, -0.2) is 34.2 Å². The van der Waals surface area contributed by atoms with Gasteiger partial charge >= 0.3 is 6.18 Å². The van der Waals surface area contributed by atoms with Gasteiger partial charge in [0.15, 0.2) is 5.60 Å². The molecule has 160 valence electrons. The fourth-order valence-corrected chi connectivity index (χ4v) is 3.79. The molecule has 0 fully saturated rings. The van der Waals surface area contributed by atoms with E-state index in [2.05, 4.69) is 38.0 Å². The summed E-state index contributed by atoms with van der Waals surface area (Å²) in [6.45, 7) is 5.04. The Morgan fingerprint density at radius 3 is 2.70 bits per heavy atom. The number of hydrogen-bond donors (Lipinski definition) is 3. The Morgan fingerprint density at radius 1 is 1.33 bits per heavy atom. The summed E-state index contributed by atoms with van der Waals surface area (Å²) in [5.41, 5.74) is -1.76. The van der Waals surface area contributed by atoms with Crippen LogP contribution in [0, 0.1) is 0 Å². The Morgan fingerprint density at radius 2 is 2.07 bits per heavy atom. The van der Waals surface area contributed by atoms with Crippen molar-refractivity contribution in [2.24, 2.45) is 0 Å². The van der Waals surface area contributed by atoms with Crippen LogP contribution < -0.4 is 10.1 Å². The minimum atomic E-state index is -4.95. The molecule has 0 aliphatic carbocycles. The first-order valence-corrected chi connectivity index (χ1v) is 9.81. The second-order valence-corrected chi connectivity index (χ2v) is 8.07. The predicted molar refractivity (Wildman–Crippen MR) is 114 cm³/mol. The zero-order chi connectivity index (χ0) is 22.1. The van der Waals surface area contributed by atoms with Crippen molar-refractivity contribution in [3.8, 4) is 5.75 Å². The van der Waals surface area contributed by atoms with Crippen molar-refractivity contribution >= 4 is 32.5 Å². The Kier molecular flexibility index (Phi) is 6.14. The van der Waals surface area contributed by atoms with E-state index in [1.807, 2.05) is 0 Å². The lowest BCUT2D eigenvalue weighted by molar-refractivity contribution is -0.266. The van der Waals surface area contributed by atoms with Gasteiger partial charge in [0.05, 0.1) is 24.9 Å². The zero-order valence-electron chi connectivity index (χ0n) is 16.3. The van der Waals surface area contributed by atoms with Crippen LogP contribution in [-0.2, 0) is 0 Å². The number of alkyl halides is 3. The first-order chi connectivity index (χ1) is 14.1. The average molecular weight is 484 g/mol. The summed E-state index contributed by atoms with van der Waals surface area (Å²) >= 11 is 3.30. The quantitative estimate of drug-likeness (QED) is 0.374. The summed E-state index contributed by atoms with van der Waals surface area (Å²) in [4.78, 5) is 0. The minimum absolute atomic E-state index is 0.155. The van der Waals surface area contributed by atoms with Crippen molar-refractivity contribution in [2.75, 3.05) is 12.4 Å². The zero-order valence-corrected chi connectivity index (χ0v) is 17.9. The fourth-order valence-electron chi connectivity index (χ4n) is 3.45. The van der Waals surface area contributed by atoms with E-state index in [0.717, 1.165) is 0 Å². The van der Waals surface area contributed by atoms with Gasteiger partial charge in [-0.1, -0.05) is 33.6 Å². The number of hydrogen-bond acceptors (Lipinski definition) is 4. The summed E-state index contributed by atoms with van der Waals surface area (Å²) < 4.78 is 48.8. The van der Waals surface area contributed by atoms with Crippen LogP contribution in [0.2, 0.25) is 0 Å². The molecule has 5 nitrogen and oxygen atoms in total. The van der Waals surface area contributed by atoms with Crippen LogP contribution in [0.3, 0.4) is 0 Å². The molecule has 0 spiro atoms. The van der Waals surface area contributed by atoms with E-state index < -0.39 is 24.2 Å². The number of benzene rings is 2. The fraction of sp³-hybridized carbons (Fsp3) is 0.286. The van der Waals surface area contributed by atoms with Gasteiger partial charge in [-0.15, -0.1) is 6.58 Å². The molecule has 0 aliphatic rings. The Hall–Kier alpha value is -2.52. The molecule has 3 rings (SSSR count). The Balaban J connectivity index is 2.23. The number of nitrogens with zero attached hydrogens (tertiary/aromatic N) is 1. The van der Waals surface area contributed by atoms with Gasteiger partial charge in [-0.25, -0.2) is 0 Å². The largest absolute Gasteiger partial charge is 0.496 e. The summed E-state index contributed by atoms with van der Waals surface area (Å²) in [7, 11) is 1.37. The monoisotopic (exact) mass is 483 g/mol. The molecule has 0 bridgehead atoms. The summed E-state index contributed by atoms with van der Waals surface area (Å²) in [5.74, 6) is 0.200. The van der Waals surface area contributed by atoms with E-state index in [0.29, 0.717) is 21.1 Å².